The van der Waals surface area contributed by atoms with Gasteiger partial charge in [0.1, 0.15) is 17.1 Å². The third-order valence-corrected chi connectivity index (χ3v) is 6.12. The van der Waals surface area contributed by atoms with Gasteiger partial charge in [-0.3, -0.25) is 9.59 Å². The summed E-state index contributed by atoms with van der Waals surface area (Å²) in [6, 6.07) is 2.83. The highest BCUT2D eigenvalue weighted by Gasteiger charge is 2.29. The highest BCUT2D eigenvalue weighted by Crippen LogP contribution is 2.30. The zero-order chi connectivity index (χ0) is 24.6. The number of halogens is 3. The Labute approximate surface area is 197 Å². The molecule has 1 fully saturated rings. The van der Waals surface area contributed by atoms with Crippen LogP contribution >= 0.6 is 11.6 Å². The molecule has 3 aromatic rings. The van der Waals surface area contributed by atoms with Gasteiger partial charge in [0.05, 0.1) is 16.9 Å². The van der Waals surface area contributed by atoms with Gasteiger partial charge in [0.15, 0.2) is 17.8 Å². The number of benzene rings is 1. The summed E-state index contributed by atoms with van der Waals surface area (Å²) in [7, 11) is 0. The van der Waals surface area contributed by atoms with E-state index in [-0.39, 0.29) is 33.7 Å². The molecule has 2 aromatic heterocycles. The van der Waals surface area contributed by atoms with Crippen LogP contribution in [0.2, 0.25) is 5.02 Å². The van der Waals surface area contributed by atoms with E-state index >= 15 is 0 Å². The number of nitrogens with one attached hydrogen (secondary N) is 2. The Morgan fingerprint density at radius 1 is 1.18 bits per heavy atom. The first-order valence-electron chi connectivity index (χ1n) is 10.6. The second-order valence-electron chi connectivity index (χ2n) is 8.25. The van der Waals surface area contributed by atoms with Gasteiger partial charge in [-0.05, 0) is 44.7 Å². The zero-order valence-corrected chi connectivity index (χ0v) is 18.8. The molecule has 4 N–H and O–H groups in total. The number of aliphatic hydroxyl groups is 2. The molecule has 34 heavy (non-hydrogen) atoms. The van der Waals surface area contributed by atoms with Crippen LogP contribution < -0.4 is 10.6 Å². The molecular formula is C22H22ClF2N5O4. The van der Waals surface area contributed by atoms with Crippen LogP contribution in [0.5, 0.6) is 0 Å². The van der Waals surface area contributed by atoms with Crippen molar-refractivity contribution in [3.63, 3.8) is 0 Å². The van der Waals surface area contributed by atoms with Crippen molar-refractivity contribution in [3.8, 4) is 0 Å². The Balaban J connectivity index is 1.38. The van der Waals surface area contributed by atoms with Gasteiger partial charge in [-0.2, -0.15) is 5.10 Å². The molecule has 0 saturated heterocycles. The predicted molar refractivity (Wildman–Crippen MR) is 118 cm³/mol. The predicted octanol–water partition coefficient (Wildman–Crippen LogP) is 2.88. The van der Waals surface area contributed by atoms with E-state index in [9.17, 15) is 28.6 Å². The van der Waals surface area contributed by atoms with Gasteiger partial charge in [0, 0.05) is 23.7 Å². The van der Waals surface area contributed by atoms with Crippen LogP contribution in [0.15, 0.2) is 24.4 Å². The van der Waals surface area contributed by atoms with E-state index in [1.54, 1.807) is 6.92 Å². The van der Waals surface area contributed by atoms with Gasteiger partial charge in [-0.25, -0.2) is 18.3 Å². The minimum Gasteiger partial charge on any atom is -0.363 e. The van der Waals surface area contributed by atoms with Gasteiger partial charge in [0.2, 0.25) is 5.91 Å². The summed E-state index contributed by atoms with van der Waals surface area (Å²) in [4.78, 5) is 29.7. The van der Waals surface area contributed by atoms with Crippen molar-refractivity contribution in [2.45, 2.75) is 44.9 Å². The molecule has 9 nitrogen and oxygen atoms in total. The van der Waals surface area contributed by atoms with E-state index in [0.717, 1.165) is 6.07 Å². The van der Waals surface area contributed by atoms with Crippen molar-refractivity contribution in [1.29, 1.82) is 0 Å². The number of anilines is 1. The molecule has 0 radical (unpaired) electrons. The Morgan fingerprint density at radius 3 is 2.53 bits per heavy atom. The lowest BCUT2D eigenvalue weighted by Crippen LogP contribution is -2.39. The standard InChI is InChI=1S/C22H22ClF2N5O4/c1-10-6-17(22(33)34)30-19(27-10)14(9-26-30)21(32)28-13-4-2-11(3-5-13)20(31)29-18-15(23)7-12(24)8-16(18)25/h6-9,11,13,22,33-34H,2-5H2,1H3,(H,28,32)(H,29,31). The maximum Gasteiger partial charge on any atom is 0.256 e. The molecule has 0 spiro atoms. The van der Waals surface area contributed by atoms with E-state index in [1.807, 2.05) is 0 Å². The van der Waals surface area contributed by atoms with Gasteiger partial charge in [-0.1, -0.05) is 11.6 Å². The number of carbonyl (C=O) groups is 2. The highest BCUT2D eigenvalue weighted by atomic mass is 35.5. The van der Waals surface area contributed by atoms with E-state index in [2.05, 4.69) is 20.7 Å². The first kappa shape index (κ1) is 24.0. The van der Waals surface area contributed by atoms with Crippen LogP contribution in [0.4, 0.5) is 14.5 Å². The average Bonchev–Trinajstić information content (AvgIpc) is 3.19. The quantitative estimate of drug-likeness (QED) is 0.404. The van der Waals surface area contributed by atoms with Crippen molar-refractivity contribution in [1.82, 2.24) is 19.9 Å². The number of carbonyl (C=O) groups excluding carboxylic acids is 2. The molecule has 1 saturated carbocycles. The Morgan fingerprint density at radius 2 is 1.88 bits per heavy atom. The largest absolute Gasteiger partial charge is 0.363 e. The number of aliphatic hydroxyl groups excluding tert-OH is 1. The van der Waals surface area contributed by atoms with Crippen LogP contribution in [-0.4, -0.2) is 42.7 Å². The van der Waals surface area contributed by atoms with Gasteiger partial charge in [0.25, 0.3) is 5.91 Å². The average molecular weight is 494 g/mol. The van der Waals surface area contributed by atoms with Crippen LogP contribution in [0.3, 0.4) is 0 Å². The summed E-state index contributed by atoms with van der Waals surface area (Å²) >= 11 is 5.84. The molecule has 0 atom stereocenters. The van der Waals surface area contributed by atoms with Crippen molar-refractivity contribution in [3.05, 3.63) is 58.0 Å². The van der Waals surface area contributed by atoms with Crippen LogP contribution in [0.1, 0.15) is 53.7 Å². The fourth-order valence-electron chi connectivity index (χ4n) is 4.11. The van der Waals surface area contributed by atoms with E-state index in [1.165, 1.54) is 16.8 Å². The second kappa shape index (κ2) is 9.61. The molecule has 180 valence electrons. The van der Waals surface area contributed by atoms with Crippen molar-refractivity contribution in [2.75, 3.05) is 5.32 Å². The number of nitrogens with zero attached hydrogens (tertiary/aromatic N) is 3. The maximum absolute atomic E-state index is 14.0. The fraction of sp³-hybridized carbons (Fsp3) is 0.364. The van der Waals surface area contributed by atoms with Crippen LogP contribution in [0, 0.1) is 24.5 Å². The van der Waals surface area contributed by atoms with Crippen LogP contribution in [0.25, 0.3) is 5.65 Å². The third kappa shape index (κ3) is 4.86. The minimum absolute atomic E-state index is 0.0887. The van der Waals surface area contributed by atoms with Crippen molar-refractivity contribution < 1.29 is 28.6 Å². The highest BCUT2D eigenvalue weighted by molar-refractivity contribution is 6.33. The Bertz CT molecular complexity index is 1230. The van der Waals surface area contributed by atoms with Gasteiger partial charge >= 0.3 is 0 Å². The molecule has 4 rings (SSSR count). The van der Waals surface area contributed by atoms with E-state index in [4.69, 9.17) is 11.6 Å². The smallest absolute Gasteiger partial charge is 0.256 e. The SMILES string of the molecule is Cc1cc(C(O)O)n2ncc(C(=O)NC3CCC(C(=O)Nc4c(F)cc(F)cc4Cl)CC3)c2n1. The lowest BCUT2D eigenvalue weighted by molar-refractivity contribution is -0.120. The number of aryl methyl sites for hydroxylation is 1. The number of fused-ring (bicyclic) bond motifs is 1. The topological polar surface area (TPSA) is 129 Å². The van der Waals surface area contributed by atoms with E-state index in [0.29, 0.717) is 37.4 Å². The molecule has 0 bridgehead atoms. The molecule has 1 aromatic carbocycles. The van der Waals surface area contributed by atoms with Crippen LogP contribution in [-0.2, 0) is 4.79 Å². The lowest BCUT2D eigenvalue weighted by atomic mass is 9.85. The number of hydrogen-bond donors (Lipinski definition) is 4. The first-order chi connectivity index (χ1) is 16.1. The molecule has 1 aliphatic rings. The summed E-state index contributed by atoms with van der Waals surface area (Å²) in [5, 5.41) is 28.3. The maximum atomic E-state index is 14.0. The summed E-state index contributed by atoms with van der Waals surface area (Å²) < 4.78 is 28.4. The molecule has 0 aliphatic heterocycles. The number of rotatable bonds is 5. The third-order valence-electron chi connectivity index (χ3n) is 5.82. The first-order valence-corrected chi connectivity index (χ1v) is 11.0. The molecule has 2 heterocycles. The molecule has 2 amide bonds. The summed E-state index contributed by atoms with van der Waals surface area (Å²) in [6.07, 6.45) is 1.45. The summed E-state index contributed by atoms with van der Waals surface area (Å²) in [5.74, 6) is -3.04. The van der Waals surface area contributed by atoms with Gasteiger partial charge in [-0.15, -0.1) is 0 Å². The van der Waals surface area contributed by atoms with Crippen molar-refractivity contribution in [2.24, 2.45) is 5.92 Å². The normalized spacial score (nSPS) is 18.3. The summed E-state index contributed by atoms with van der Waals surface area (Å²) in [6.45, 7) is 1.66. The fourth-order valence-corrected chi connectivity index (χ4v) is 4.35. The molecule has 1 aliphatic carbocycles. The monoisotopic (exact) mass is 493 g/mol. The Hall–Kier alpha value is -3.15. The molecule has 0 unspecified atom stereocenters. The Kier molecular flexibility index (Phi) is 6.78. The number of amides is 2. The minimum atomic E-state index is -1.78. The molecule has 12 heteroatoms. The zero-order valence-electron chi connectivity index (χ0n) is 18.1. The lowest BCUT2D eigenvalue weighted by Gasteiger charge is -2.28. The van der Waals surface area contributed by atoms with Gasteiger partial charge < -0.3 is 20.8 Å². The second-order valence-corrected chi connectivity index (χ2v) is 8.65. The van der Waals surface area contributed by atoms with Crippen molar-refractivity contribution >= 4 is 34.7 Å². The number of aromatic nitrogens is 3. The summed E-state index contributed by atoms with van der Waals surface area (Å²) in [5.41, 5.74) is 0.714. The number of hydrogen-bond acceptors (Lipinski definition) is 6. The molecular weight excluding hydrogens is 472 g/mol. The van der Waals surface area contributed by atoms with E-state index < -0.39 is 35.7 Å².